The highest BCUT2D eigenvalue weighted by Gasteiger charge is 2.36. The largest absolute Gasteiger partial charge is 0.311 e. The van der Waals surface area contributed by atoms with E-state index in [2.05, 4.69) is 37.9 Å². The molecule has 2 fully saturated rings. The van der Waals surface area contributed by atoms with Gasteiger partial charge in [-0.1, -0.05) is 20.8 Å². The Morgan fingerprint density at radius 3 is 2.50 bits per heavy atom. The second-order valence-electron chi connectivity index (χ2n) is 6.38. The van der Waals surface area contributed by atoms with E-state index in [0.29, 0.717) is 0 Å². The molecule has 94 valence electrons. The third-order valence-electron chi connectivity index (χ3n) is 4.58. The summed E-state index contributed by atoms with van der Waals surface area (Å²) in [4.78, 5) is 2.71. The Labute approximate surface area is 101 Å². The van der Waals surface area contributed by atoms with E-state index < -0.39 is 0 Å². The summed E-state index contributed by atoms with van der Waals surface area (Å²) < 4.78 is 0. The van der Waals surface area contributed by atoms with Gasteiger partial charge in [0, 0.05) is 31.7 Å². The quantitative estimate of drug-likeness (QED) is 0.788. The third-order valence-corrected chi connectivity index (χ3v) is 4.58. The van der Waals surface area contributed by atoms with Gasteiger partial charge in [-0.15, -0.1) is 0 Å². The molecule has 16 heavy (non-hydrogen) atoms. The van der Waals surface area contributed by atoms with Crippen LogP contribution in [0.15, 0.2) is 0 Å². The van der Waals surface area contributed by atoms with Gasteiger partial charge in [-0.3, -0.25) is 4.90 Å². The molecule has 1 saturated carbocycles. The summed E-state index contributed by atoms with van der Waals surface area (Å²) in [5.41, 5.74) is 0. The number of rotatable bonds is 4. The number of piperazine rings is 1. The summed E-state index contributed by atoms with van der Waals surface area (Å²) in [7, 11) is 0. The minimum Gasteiger partial charge on any atom is -0.311 e. The molecular weight excluding hydrogens is 196 g/mol. The van der Waals surface area contributed by atoms with E-state index >= 15 is 0 Å². The van der Waals surface area contributed by atoms with Crippen molar-refractivity contribution in [3.8, 4) is 0 Å². The van der Waals surface area contributed by atoms with Crippen LogP contribution in [-0.2, 0) is 0 Å². The van der Waals surface area contributed by atoms with Crippen molar-refractivity contribution in [3.63, 3.8) is 0 Å². The molecule has 0 amide bonds. The monoisotopic (exact) mass is 224 g/mol. The molecule has 1 aliphatic carbocycles. The lowest BCUT2D eigenvalue weighted by Gasteiger charge is -2.40. The van der Waals surface area contributed by atoms with Crippen molar-refractivity contribution in [3.05, 3.63) is 0 Å². The molecule has 3 atom stereocenters. The first kappa shape index (κ1) is 12.4. The zero-order valence-corrected chi connectivity index (χ0v) is 11.4. The Hall–Kier alpha value is -0.0800. The summed E-state index contributed by atoms with van der Waals surface area (Å²) in [5, 5.41) is 3.72. The van der Waals surface area contributed by atoms with E-state index in [9.17, 15) is 0 Å². The molecule has 2 nitrogen and oxygen atoms in total. The first-order chi connectivity index (χ1) is 7.58. The van der Waals surface area contributed by atoms with Gasteiger partial charge in [0.1, 0.15) is 0 Å². The molecule has 0 spiro atoms. The standard InChI is InChI=1S/C14H28N2/c1-10(2)11(3)8-16-9-14(13-5-6-13)15-7-12(16)4/h10-15H,5-9H2,1-4H3. The first-order valence-electron chi connectivity index (χ1n) is 7.05. The number of nitrogens with zero attached hydrogens (tertiary/aromatic N) is 1. The SMILES string of the molecule is CC(C)C(C)CN1CC(C2CC2)NCC1C. The molecule has 1 heterocycles. The molecule has 0 bridgehead atoms. The van der Waals surface area contributed by atoms with Crippen molar-refractivity contribution in [1.82, 2.24) is 10.2 Å². The second kappa shape index (κ2) is 5.05. The van der Waals surface area contributed by atoms with E-state index in [1.807, 2.05) is 0 Å². The van der Waals surface area contributed by atoms with Crippen LogP contribution in [-0.4, -0.2) is 36.6 Å². The molecule has 1 saturated heterocycles. The maximum absolute atomic E-state index is 3.72. The van der Waals surface area contributed by atoms with Gasteiger partial charge in [0.05, 0.1) is 0 Å². The highest BCUT2D eigenvalue weighted by molar-refractivity contribution is 4.93. The number of hydrogen-bond acceptors (Lipinski definition) is 2. The summed E-state index contributed by atoms with van der Waals surface area (Å²) in [6.07, 6.45) is 2.92. The van der Waals surface area contributed by atoms with Crippen molar-refractivity contribution in [2.24, 2.45) is 17.8 Å². The van der Waals surface area contributed by atoms with E-state index in [1.54, 1.807) is 0 Å². The summed E-state index contributed by atoms with van der Waals surface area (Å²) in [6.45, 7) is 13.2. The van der Waals surface area contributed by atoms with E-state index in [4.69, 9.17) is 0 Å². The topological polar surface area (TPSA) is 15.3 Å². The third kappa shape index (κ3) is 2.98. The molecule has 0 radical (unpaired) electrons. The predicted octanol–water partition coefficient (Wildman–Crippen LogP) is 2.35. The van der Waals surface area contributed by atoms with Crippen LogP contribution < -0.4 is 5.32 Å². The summed E-state index contributed by atoms with van der Waals surface area (Å²) in [5.74, 6) is 2.62. The Bertz CT molecular complexity index is 221. The van der Waals surface area contributed by atoms with Crippen LogP contribution in [0.25, 0.3) is 0 Å². The van der Waals surface area contributed by atoms with Crippen molar-refractivity contribution in [2.45, 2.75) is 52.6 Å². The van der Waals surface area contributed by atoms with E-state index in [0.717, 1.165) is 29.8 Å². The van der Waals surface area contributed by atoms with Crippen LogP contribution in [0.5, 0.6) is 0 Å². The normalized spacial score (nSPS) is 34.3. The fourth-order valence-corrected chi connectivity index (χ4v) is 2.60. The lowest BCUT2D eigenvalue weighted by Crippen LogP contribution is -2.57. The van der Waals surface area contributed by atoms with Gasteiger partial charge < -0.3 is 5.32 Å². The van der Waals surface area contributed by atoms with Crippen LogP contribution in [0.1, 0.15) is 40.5 Å². The molecule has 2 rings (SSSR count). The summed E-state index contributed by atoms with van der Waals surface area (Å²) >= 11 is 0. The van der Waals surface area contributed by atoms with Crippen molar-refractivity contribution < 1.29 is 0 Å². The molecule has 0 aromatic rings. The zero-order chi connectivity index (χ0) is 11.7. The molecule has 1 N–H and O–H groups in total. The van der Waals surface area contributed by atoms with Gasteiger partial charge in [-0.25, -0.2) is 0 Å². The Morgan fingerprint density at radius 1 is 1.25 bits per heavy atom. The fourth-order valence-electron chi connectivity index (χ4n) is 2.60. The molecular formula is C14H28N2. The van der Waals surface area contributed by atoms with E-state index in [1.165, 1.54) is 32.5 Å². The first-order valence-corrected chi connectivity index (χ1v) is 7.05. The lowest BCUT2D eigenvalue weighted by molar-refractivity contribution is 0.106. The molecule has 2 aliphatic rings. The molecule has 3 unspecified atom stereocenters. The van der Waals surface area contributed by atoms with Crippen molar-refractivity contribution in [2.75, 3.05) is 19.6 Å². The predicted molar refractivity (Wildman–Crippen MR) is 69.6 cm³/mol. The average Bonchev–Trinajstić information content (AvgIpc) is 3.04. The number of hydrogen-bond donors (Lipinski definition) is 1. The highest BCUT2D eigenvalue weighted by Crippen LogP contribution is 2.34. The Kier molecular flexibility index (Phi) is 3.91. The van der Waals surface area contributed by atoms with Gasteiger partial charge in [-0.05, 0) is 37.5 Å². The molecule has 0 aromatic carbocycles. The maximum atomic E-state index is 3.72. The van der Waals surface area contributed by atoms with Crippen LogP contribution >= 0.6 is 0 Å². The smallest absolute Gasteiger partial charge is 0.0224 e. The second-order valence-corrected chi connectivity index (χ2v) is 6.38. The molecule has 0 aromatic heterocycles. The van der Waals surface area contributed by atoms with Crippen LogP contribution in [0, 0.1) is 17.8 Å². The van der Waals surface area contributed by atoms with Gasteiger partial charge >= 0.3 is 0 Å². The van der Waals surface area contributed by atoms with Gasteiger partial charge in [-0.2, -0.15) is 0 Å². The molecule has 1 aliphatic heterocycles. The van der Waals surface area contributed by atoms with Crippen LogP contribution in [0.2, 0.25) is 0 Å². The van der Waals surface area contributed by atoms with Gasteiger partial charge in [0.2, 0.25) is 0 Å². The Morgan fingerprint density at radius 2 is 1.94 bits per heavy atom. The Balaban J connectivity index is 1.85. The van der Waals surface area contributed by atoms with Gasteiger partial charge in [0.15, 0.2) is 0 Å². The zero-order valence-electron chi connectivity index (χ0n) is 11.4. The molecule has 2 heteroatoms. The van der Waals surface area contributed by atoms with E-state index in [-0.39, 0.29) is 0 Å². The van der Waals surface area contributed by atoms with Crippen molar-refractivity contribution in [1.29, 1.82) is 0 Å². The minimum absolute atomic E-state index is 0.719. The highest BCUT2D eigenvalue weighted by atomic mass is 15.2. The van der Waals surface area contributed by atoms with Gasteiger partial charge in [0.25, 0.3) is 0 Å². The summed E-state index contributed by atoms with van der Waals surface area (Å²) in [6, 6.07) is 1.51. The van der Waals surface area contributed by atoms with Crippen LogP contribution in [0.3, 0.4) is 0 Å². The average molecular weight is 224 g/mol. The van der Waals surface area contributed by atoms with Crippen molar-refractivity contribution >= 4 is 0 Å². The minimum atomic E-state index is 0.719. The fraction of sp³-hybridized carbons (Fsp3) is 1.00. The lowest BCUT2D eigenvalue weighted by atomic mass is 9.95. The maximum Gasteiger partial charge on any atom is 0.0224 e. The van der Waals surface area contributed by atoms with Crippen LogP contribution in [0.4, 0.5) is 0 Å². The number of nitrogens with one attached hydrogen (secondary N) is 1.